The number of hydrogen-bond acceptors (Lipinski definition) is 2. The van der Waals surface area contributed by atoms with Crippen molar-refractivity contribution in [3.63, 3.8) is 0 Å². The lowest BCUT2D eigenvalue weighted by Crippen LogP contribution is -2.39. The summed E-state index contributed by atoms with van der Waals surface area (Å²) in [6.07, 6.45) is 4.79. The van der Waals surface area contributed by atoms with Gasteiger partial charge in [0.05, 0.1) is 0 Å². The molecule has 2 rings (SSSR count). The molecular weight excluding hydrogens is 196 g/mol. The van der Waals surface area contributed by atoms with E-state index in [2.05, 4.69) is 36.1 Å². The van der Waals surface area contributed by atoms with Gasteiger partial charge in [0.1, 0.15) is 0 Å². The molecule has 2 heteroatoms. The summed E-state index contributed by atoms with van der Waals surface area (Å²) < 4.78 is 0. The summed E-state index contributed by atoms with van der Waals surface area (Å²) in [5.41, 5.74) is 8.65. The van der Waals surface area contributed by atoms with E-state index >= 15 is 0 Å². The van der Waals surface area contributed by atoms with Crippen molar-refractivity contribution in [2.24, 2.45) is 5.73 Å². The molecule has 0 bridgehead atoms. The van der Waals surface area contributed by atoms with Crippen LogP contribution in [0.2, 0.25) is 0 Å². The van der Waals surface area contributed by atoms with E-state index in [0.717, 1.165) is 13.0 Å². The van der Waals surface area contributed by atoms with Crippen LogP contribution in [0.1, 0.15) is 31.7 Å². The highest BCUT2D eigenvalue weighted by Crippen LogP contribution is 2.29. The molecule has 1 aromatic carbocycles. The third-order valence-corrected chi connectivity index (χ3v) is 3.56. The first-order valence-electron chi connectivity index (χ1n) is 6.41. The van der Waals surface area contributed by atoms with Crippen molar-refractivity contribution < 1.29 is 0 Å². The van der Waals surface area contributed by atoms with Gasteiger partial charge in [-0.15, -0.1) is 0 Å². The number of nitrogens with zero attached hydrogens (tertiary/aromatic N) is 1. The maximum Gasteiger partial charge on any atom is 0.0401 e. The van der Waals surface area contributed by atoms with E-state index < -0.39 is 0 Å². The molecule has 1 aromatic rings. The van der Waals surface area contributed by atoms with E-state index in [0.29, 0.717) is 6.04 Å². The van der Waals surface area contributed by atoms with Gasteiger partial charge in [-0.05, 0) is 43.9 Å². The van der Waals surface area contributed by atoms with Gasteiger partial charge >= 0.3 is 0 Å². The number of benzene rings is 1. The summed E-state index contributed by atoms with van der Waals surface area (Å²) in [5, 5.41) is 0. The fraction of sp³-hybridized carbons (Fsp3) is 0.571. The second-order valence-corrected chi connectivity index (χ2v) is 4.57. The van der Waals surface area contributed by atoms with E-state index in [1.807, 2.05) is 0 Å². The summed E-state index contributed by atoms with van der Waals surface area (Å²) in [4.78, 5) is 2.56. The van der Waals surface area contributed by atoms with Crippen LogP contribution < -0.4 is 10.6 Å². The first-order valence-corrected chi connectivity index (χ1v) is 6.41. The average Bonchev–Trinajstić information content (AvgIpc) is 2.35. The highest BCUT2D eigenvalue weighted by molar-refractivity contribution is 5.56. The Labute approximate surface area is 98.4 Å². The quantitative estimate of drug-likeness (QED) is 0.841. The summed E-state index contributed by atoms with van der Waals surface area (Å²) in [6, 6.07) is 9.43. The zero-order chi connectivity index (χ0) is 11.4. The second-order valence-electron chi connectivity index (χ2n) is 4.57. The standard InChI is InChI=1S/C14H22N2/c1-2-13(9-10-15)16-11-5-7-12-6-3-4-8-14(12)16/h3-4,6,8,13H,2,5,7,9-11,15H2,1H3. The van der Waals surface area contributed by atoms with Gasteiger partial charge in [-0.2, -0.15) is 0 Å². The van der Waals surface area contributed by atoms with Gasteiger partial charge in [0.25, 0.3) is 0 Å². The lowest BCUT2D eigenvalue weighted by Gasteiger charge is -2.37. The predicted molar refractivity (Wildman–Crippen MR) is 69.9 cm³/mol. The van der Waals surface area contributed by atoms with Crippen LogP contribution >= 0.6 is 0 Å². The topological polar surface area (TPSA) is 29.3 Å². The second kappa shape index (κ2) is 5.35. The molecule has 1 aliphatic rings. The maximum atomic E-state index is 5.70. The number of fused-ring (bicyclic) bond motifs is 1. The summed E-state index contributed by atoms with van der Waals surface area (Å²) in [7, 11) is 0. The number of hydrogen-bond donors (Lipinski definition) is 1. The van der Waals surface area contributed by atoms with Crippen LogP contribution in [0.3, 0.4) is 0 Å². The minimum Gasteiger partial charge on any atom is -0.368 e. The van der Waals surface area contributed by atoms with Crippen LogP contribution in [0.4, 0.5) is 5.69 Å². The van der Waals surface area contributed by atoms with Gasteiger partial charge in [-0.25, -0.2) is 0 Å². The number of nitrogens with two attached hydrogens (primary N) is 1. The molecule has 0 radical (unpaired) electrons. The third-order valence-electron chi connectivity index (χ3n) is 3.56. The van der Waals surface area contributed by atoms with E-state index in [4.69, 9.17) is 5.73 Å². The Balaban J connectivity index is 2.23. The number of para-hydroxylation sites is 1. The highest BCUT2D eigenvalue weighted by Gasteiger charge is 2.21. The van der Waals surface area contributed by atoms with E-state index in [1.165, 1.54) is 37.1 Å². The Bertz CT molecular complexity index is 335. The minimum absolute atomic E-state index is 0.617. The minimum atomic E-state index is 0.617. The van der Waals surface area contributed by atoms with Gasteiger partial charge < -0.3 is 10.6 Å². The third kappa shape index (κ3) is 2.22. The van der Waals surface area contributed by atoms with Crippen LogP contribution in [-0.4, -0.2) is 19.1 Å². The molecule has 1 unspecified atom stereocenters. The van der Waals surface area contributed by atoms with Crippen LogP contribution in [0.15, 0.2) is 24.3 Å². The molecule has 0 aliphatic carbocycles. The average molecular weight is 218 g/mol. The molecule has 16 heavy (non-hydrogen) atoms. The van der Waals surface area contributed by atoms with Gasteiger partial charge in [0.15, 0.2) is 0 Å². The van der Waals surface area contributed by atoms with Crippen molar-refractivity contribution in [3.8, 4) is 0 Å². The fourth-order valence-electron chi connectivity index (χ4n) is 2.71. The highest BCUT2D eigenvalue weighted by atomic mass is 15.2. The number of anilines is 1. The van der Waals surface area contributed by atoms with Gasteiger partial charge in [-0.3, -0.25) is 0 Å². The molecule has 88 valence electrons. The van der Waals surface area contributed by atoms with Crippen molar-refractivity contribution in [1.29, 1.82) is 0 Å². The lowest BCUT2D eigenvalue weighted by atomic mass is 9.98. The molecule has 0 amide bonds. The molecule has 0 saturated carbocycles. The van der Waals surface area contributed by atoms with Crippen LogP contribution in [-0.2, 0) is 6.42 Å². The van der Waals surface area contributed by atoms with Crippen molar-refractivity contribution in [2.75, 3.05) is 18.0 Å². The summed E-state index contributed by atoms with van der Waals surface area (Å²) in [6.45, 7) is 4.24. The van der Waals surface area contributed by atoms with Gasteiger partial charge in [0, 0.05) is 18.3 Å². The first kappa shape index (κ1) is 11.5. The Kier molecular flexibility index (Phi) is 3.83. The largest absolute Gasteiger partial charge is 0.368 e. The van der Waals surface area contributed by atoms with Gasteiger partial charge in [-0.1, -0.05) is 25.1 Å². The van der Waals surface area contributed by atoms with Crippen molar-refractivity contribution in [3.05, 3.63) is 29.8 Å². The SMILES string of the molecule is CCC(CCN)N1CCCc2ccccc21. The normalized spacial score (nSPS) is 17.0. The van der Waals surface area contributed by atoms with Crippen LogP contribution in [0, 0.1) is 0 Å². The van der Waals surface area contributed by atoms with Crippen molar-refractivity contribution >= 4 is 5.69 Å². The Morgan fingerprint density at radius 1 is 1.38 bits per heavy atom. The molecule has 1 atom stereocenters. The molecule has 1 aliphatic heterocycles. The molecule has 0 saturated heterocycles. The Morgan fingerprint density at radius 2 is 2.19 bits per heavy atom. The Hall–Kier alpha value is -1.02. The molecule has 0 aromatic heterocycles. The number of rotatable bonds is 4. The van der Waals surface area contributed by atoms with Crippen LogP contribution in [0.5, 0.6) is 0 Å². The molecule has 1 heterocycles. The molecular formula is C14H22N2. The molecule has 2 nitrogen and oxygen atoms in total. The smallest absolute Gasteiger partial charge is 0.0401 e. The monoisotopic (exact) mass is 218 g/mol. The van der Waals surface area contributed by atoms with Crippen LogP contribution in [0.25, 0.3) is 0 Å². The van der Waals surface area contributed by atoms with E-state index in [9.17, 15) is 0 Å². The summed E-state index contributed by atoms with van der Waals surface area (Å²) in [5.74, 6) is 0. The lowest BCUT2D eigenvalue weighted by molar-refractivity contribution is 0.520. The van der Waals surface area contributed by atoms with Crippen molar-refractivity contribution in [2.45, 2.75) is 38.6 Å². The zero-order valence-corrected chi connectivity index (χ0v) is 10.2. The first-order chi connectivity index (χ1) is 7.86. The van der Waals surface area contributed by atoms with Gasteiger partial charge in [0.2, 0.25) is 0 Å². The van der Waals surface area contributed by atoms with Crippen molar-refractivity contribution in [1.82, 2.24) is 0 Å². The zero-order valence-electron chi connectivity index (χ0n) is 10.2. The molecule has 2 N–H and O–H groups in total. The fourth-order valence-corrected chi connectivity index (χ4v) is 2.71. The summed E-state index contributed by atoms with van der Waals surface area (Å²) >= 11 is 0. The predicted octanol–water partition coefficient (Wildman–Crippen LogP) is 2.57. The molecule has 0 spiro atoms. The maximum absolute atomic E-state index is 5.70. The van der Waals surface area contributed by atoms with E-state index in [1.54, 1.807) is 0 Å². The molecule has 0 fully saturated rings. The Morgan fingerprint density at radius 3 is 2.94 bits per heavy atom. The number of aryl methyl sites for hydroxylation is 1. The van der Waals surface area contributed by atoms with E-state index in [-0.39, 0.29) is 0 Å².